The van der Waals surface area contributed by atoms with E-state index in [0.717, 1.165) is 29.2 Å². The second-order valence-corrected chi connectivity index (χ2v) is 5.75. The highest BCUT2D eigenvalue weighted by Crippen LogP contribution is 2.25. The van der Waals surface area contributed by atoms with E-state index in [1.54, 1.807) is 0 Å². The molecule has 3 rings (SSSR count). The number of aromatic nitrogens is 2. The predicted octanol–water partition coefficient (Wildman–Crippen LogP) is 2.66. The molecule has 0 spiro atoms. The van der Waals surface area contributed by atoms with E-state index in [0.29, 0.717) is 11.8 Å². The lowest BCUT2D eigenvalue weighted by Crippen LogP contribution is -2.14. The maximum atomic E-state index is 10.8. The molecule has 0 amide bonds. The zero-order valence-corrected chi connectivity index (χ0v) is 11.5. The fourth-order valence-electron chi connectivity index (χ4n) is 2.08. The molecule has 5 nitrogen and oxygen atoms in total. The SMILES string of the molecule is O=C(O)c1cc(-c2ccc(OC3CCSC3)cc2)n[nH]1. The smallest absolute Gasteiger partial charge is 0.353 e. The summed E-state index contributed by atoms with van der Waals surface area (Å²) >= 11 is 1.91. The molecule has 0 radical (unpaired) electrons. The number of thioether (sulfide) groups is 1. The molecule has 0 bridgehead atoms. The number of nitrogens with zero attached hydrogens (tertiary/aromatic N) is 1. The predicted molar refractivity (Wildman–Crippen MR) is 77.3 cm³/mol. The van der Waals surface area contributed by atoms with Crippen LogP contribution in [0.5, 0.6) is 5.75 Å². The van der Waals surface area contributed by atoms with Gasteiger partial charge in [0.25, 0.3) is 0 Å². The monoisotopic (exact) mass is 290 g/mol. The van der Waals surface area contributed by atoms with Crippen molar-refractivity contribution in [2.45, 2.75) is 12.5 Å². The third-order valence-corrected chi connectivity index (χ3v) is 4.28. The van der Waals surface area contributed by atoms with Crippen molar-refractivity contribution in [2.24, 2.45) is 0 Å². The number of hydrogen-bond acceptors (Lipinski definition) is 4. The van der Waals surface area contributed by atoms with Crippen LogP contribution in [0.1, 0.15) is 16.9 Å². The second-order valence-electron chi connectivity index (χ2n) is 4.60. The minimum atomic E-state index is -1.01. The molecular weight excluding hydrogens is 276 g/mol. The third-order valence-electron chi connectivity index (χ3n) is 3.15. The summed E-state index contributed by atoms with van der Waals surface area (Å²) in [6.45, 7) is 0. The Morgan fingerprint density at radius 3 is 2.80 bits per heavy atom. The van der Waals surface area contributed by atoms with Gasteiger partial charge in [-0.05, 0) is 42.5 Å². The van der Waals surface area contributed by atoms with Crippen LogP contribution in [0.15, 0.2) is 30.3 Å². The van der Waals surface area contributed by atoms with Gasteiger partial charge in [-0.15, -0.1) is 0 Å². The zero-order valence-electron chi connectivity index (χ0n) is 10.7. The number of nitrogens with one attached hydrogen (secondary N) is 1. The number of hydrogen-bond donors (Lipinski definition) is 2. The van der Waals surface area contributed by atoms with Gasteiger partial charge in [0.2, 0.25) is 0 Å². The molecule has 1 atom stereocenters. The lowest BCUT2D eigenvalue weighted by Gasteiger charge is -2.12. The number of carboxylic acids is 1. The first kappa shape index (κ1) is 13.1. The summed E-state index contributed by atoms with van der Waals surface area (Å²) < 4.78 is 5.87. The Morgan fingerprint density at radius 1 is 1.40 bits per heavy atom. The van der Waals surface area contributed by atoms with Crippen LogP contribution < -0.4 is 4.74 Å². The van der Waals surface area contributed by atoms with Gasteiger partial charge in [0.05, 0.1) is 5.69 Å². The Kier molecular flexibility index (Phi) is 3.64. The molecule has 1 aromatic heterocycles. The first-order valence-corrected chi connectivity index (χ1v) is 7.51. The van der Waals surface area contributed by atoms with E-state index in [9.17, 15) is 4.79 Å². The minimum absolute atomic E-state index is 0.0864. The third kappa shape index (κ3) is 2.80. The number of aromatic amines is 1. The Hall–Kier alpha value is -1.95. The van der Waals surface area contributed by atoms with E-state index in [2.05, 4.69) is 10.2 Å². The molecule has 2 aromatic rings. The van der Waals surface area contributed by atoms with E-state index >= 15 is 0 Å². The van der Waals surface area contributed by atoms with Gasteiger partial charge in [-0.3, -0.25) is 5.10 Å². The topological polar surface area (TPSA) is 75.2 Å². The van der Waals surface area contributed by atoms with Crippen molar-refractivity contribution in [3.8, 4) is 17.0 Å². The highest BCUT2D eigenvalue weighted by molar-refractivity contribution is 7.99. The Labute approximate surface area is 120 Å². The summed E-state index contributed by atoms with van der Waals surface area (Å²) in [5.41, 5.74) is 1.57. The largest absolute Gasteiger partial charge is 0.490 e. The average molecular weight is 290 g/mol. The fourth-order valence-corrected chi connectivity index (χ4v) is 3.18. The van der Waals surface area contributed by atoms with Crippen LogP contribution in [0, 0.1) is 0 Å². The molecule has 1 unspecified atom stereocenters. The van der Waals surface area contributed by atoms with Crippen molar-refractivity contribution in [1.82, 2.24) is 10.2 Å². The molecule has 104 valence electrons. The van der Waals surface area contributed by atoms with Crippen molar-refractivity contribution in [2.75, 3.05) is 11.5 Å². The van der Waals surface area contributed by atoms with E-state index < -0.39 is 5.97 Å². The van der Waals surface area contributed by atoms with E-state index in [-0.39, 0.29) is 5.69 Å². The number of carboxylic acid groups (broad SMARTS) is 1. The van der Waals surface area contributed by atoms with E-state index in [1.807, 2.05) is 36.0 Å². The molecule has 6 heteroatoms. The van der Waals surface area contributed by atoms with Gasteiger partial charge in [-0.25, -0.2) is 4.79 Å². The average Bonchev–Trinajstić information content (AvgIpc) is 3.10. The number of aromatic carboxylic acids is 1. The van der Waals surface area contributed by atoms with Crippen LogP contribution in [0.4, 0.5) is 0 Å². The van der Waals surface area contributed by atoms with Gasteiger partial charge in [0.1, 0.15) is 17.5 Å². The van der Waals surface area contributed by atoms with Crippen LogP contribution >= 0.6 is 11.8 Å². The number of rotatable bonds is 4. The van der Waals surface area contributed by atoms with E-state index in [1.165, 1.54) is 6.07 Å². The number of carbonyl (C=O) groups is 1. The van der Waals surface area contributed by atoms with Gasteiger partial charge >= 0.3 is 5.97 Å². The van der Waals surface area contributed by atoms with Crippen LogP contribution in [-0.4, -0.2) is 38.9 Å². The maximum Gasteiger partial charge on any atom is 0.353 e. The van der Waals surface area contributed by atoms with Gasteiger partial charge in [0.15, 0.2) is 0 Å². The number of ether oxygens (including phenoxy) is 1. The van der Waals surface area contributed by atoms with Gasteiger partial charge < -0.3 is 9.84 Å². The summed E-state index contributed by atoms with van der Waals surface area (Å²) in [5, 5.41) is 15.3. The van der Waals surface area contributed by atoms with Crippen molar-refractivity contribution in [3.05, 3.63) is 36.0 Å². The lowest BCUT2D eigenvalue weighted by molar-refractivity contribution is 0.0690. The molecule has 1 aliphatic rings. The van der Waals surface area contributed by atoms with Crippen molar-refractivity contribution in [1.29, 1.82) is 0 Å². The highest BCUT2D eigenvalue weighted by Gasteiger charge is 2.17. The van der Waals surface area contributed by atoms with Crippen molar-refractivity contribution >= 4 is 17.7 Å². The molecule has 2 heterocycles. The molecule has 1 aromatic carbocycles. The molecule has 20 heavy (non-hydrogen) atoms. The highest BCUT2D eigenvalue weighted by atomic mass is 32.2. The molecule has 1 aliphatic heterocycles. The molecular formula is C14H14N2O3S. The first-order chi connectivity index (χ1) is 9.72. The summed E-state index contributed by atoms with van der Waals surface area (Å²) in [7, 11) is 0. The first-order valence-electron chi connectivity index (χ1n) is 6.36. The van der Waals surface area contributed by atoms with Gasteiger partial charge in [-0.2, -0.15) is 16.9 Å². The summed E-state index contributed by atoms with van der Waals surface area (Å²) in [5.74, 6) is 2.04. The molecule has 0 aliphatic carbocycles. The Balaban J connectivity index is 1.72. The number of benzene rings is 1. The van der Waals surface area contributed by atoms with Crippen LogP contribution in [0.25, 0.3) is 11.3 Å². The van der Waals surface area contributed by atoms with Crippen LogP contribution in [0.2, 0.25) is 0 Å². The molecule has 2 N–H and O–H groups in total. The standard InChI is InChI=1S/C14H14N2O3S/c17-14(18)13-7-12(15-16-13)9-1-3-10(4-2-9)19-11-5-6-20-8-11/h1-4,7,11H,5-6,8H2,(H,15,16)(H,17,18). The quantitative estimate of drug-likeness (QED) is 0.905. The van der Waals surface area contributed by atoms with Crippen LogP contribution in [-0.2, 0) is 0 Å². The summed E-state index contributed by atoms with van der Waals surface area (Å²) in [6.07, 6.45) is 1.39. The van der Waals surface area contributed by atoms with Crippen molar-refractivity contribution in [3.63, 3.8) is 0 Å². The Morgan fingerprint density at radius 2 is 2.20 bits per heavy atom. The van der Waals surface area contributed by atoms with Gasteiger partial charge in [0, 0.05) is 11.3 Å². The van der Waals surface area contributed by atoms with Gasteiger partial charge in [-0.1, -0.05) is 0 Å². The maximum absolute atomic E-state index is 10.8. The zero-order chi connectivity index (χ0) is 13.9. The fraction of sp³-hybridized carbons (Fsp3) is 0.286. The molecule has 0 saturated carbocycles. The minimum Gasteiger partial charge on any atom is -0.490 e. The lowest BCUT2D eigenvalue weighted by atomic mass is 10.1. The number of H-pyrrole nitrogens is 1. The summed E-state index contributed by atoms with van der Waals surface area (Å²) in [6, 6.07) is 9.09. The summed E-state index contributed by atoms with van der Waals surface area (Å²) in [4.78, 5) is 10.8. The van der Waals surface area contributed by atoms with E-state index in [4.69, 9.17) is 9.84 Å². The van der Waals surface area contributed by atoms with Crippen LogP contribution in [0.3, 0.4) is 0 Å². The Bertz CT molecular complexity index is 603. The molecule has 1 saturated heterocycles. The van der Waals surface area contributed by atoms with Crippen molar-refractivity contribution < 1.29 is 14.6 Å². The normalized spacial score (nSPS) is 18.1. The second kappa shape index (κ2) is 5.58. The molecule has 1 fully saturated rings.